The molecule has 2 aromatic carbocycles. The van der Waals surface area contributed by atoms with E-state index < -0.39 is 12.6 Å². The summed E-state index contributed by atoms with van der Waals surface area (Å²) in [5, 5.41) is 16.3. The van der Waals surface area contributed by atoms with Crippen LogP contribution in [0.3, 0.4) is 0 Å². The predicted octanol–water partition coefficient (Wildman–Crippen LogP) is 3.21. The summed E-state index contributed by atoms with van der Waals surface area (Å²) in [6.45, 7) is 3.26. The molecule has 146 valence electrons. The molecule has 0 amide bonds. The lowest BCUT2D eigenvalue weighted by Gasteiger charge is -2.14. The molecule has 0 heterocycles. The summed E-state index contributed by atoms with van der Waals surface area (Å²) < 4.78 is 10.7. The quantitative estimate of drug-likeness (QED) is 0.258. The summed E-state index contributed by atoms with van der Waals surface area (Å²) in [5.41, 5.74) is 5.06. The highest BCUT2D eigenvalue weighted by Gasteiger charge is 2.13. The van der Waals surface area contributed by atoms with Crippen LogP contribution in [0.15, 0.2) is 60.2 Å². The molecule has 28 heavy (non-hydrogen) atoms. The number of hydrogen-bond acceptors (Lipinski definition) is 5. The second-order valence-electron chi connectivity index (χ2n) is 5.58. The van der Waals surface area contributed by atoms with Gasteiger partial charge in [-0.15, -0.1) is 6.58 Å². The second kappa shape index (κ2) is 10.7. The van der Waals surface area contributed by atoms with E-state index in [4.69, 9.17) is 26.8 Å². The van der Waals surface area contributed by atoms with Crippen molar-refractivity contribution < 1.29 is 19.4 Å². The molecule has 2 aromatic rings. The van der Waals surface area contributed by atoms with Gasteiger partial charge in [0.1, 0.15) is 0 Å². The van der Waals surface area contributed by atoms with Crippen molar-refractivity contribution in [1.82, 2.24) is 5.43 Å². The second-order valence-corrected chi connectivity index (χ2v) is 5.99. The first-order valence-electron chi connectivity index (χ1n) is 8.35. The van der Waals surface area contributed by atoms with Gasteiger partial charge < -0.3 is 19.9 Å². The standard InChI is InChI=1S/C20H21N3O4S/c1-3-7-15-10-14(11-17(26-2)19(15)27-13-18(24)25)12-21-23-20(28)22-16-8-5-4-6-9-16/h3-6,8-12H,1,7,13H2,2H3,(H,24,25)(H2,22,23,28)/b21-12+. The van der Waals surface area contributed by atoms with Gasteiger partial charge in [0, 0.05) is 11.3 Å². The summed E-state index contributed by atoms with van der Waals surface area (Å²) in [4.78, 5) is 10.8. The first-order valence-corrected chi connectivity index (χ1v) is 8.75. The van der Waals surface area contributed by atoms with Crippen LogP contribution < -0.4 is 20.2 Å². The van der Waals surface area contributed by atoms with Crippen molar-refractivity contribution >= 4 is 35.2 Å². The third-order valence-electron chi connectivity index (χ3n) is 3.49. The summed E-state index contributed by atoms with van der Waals surface area (Å²) in [6, 6.07) is 13.0. The van der Waals surface area contributed by atoms with E-state index in [-0.39, 0.29) is 0 Å². The lowest BCUT2D eigenvalue weighted by Crippen LogP contribution is -2.23. The maximum absolute atomic E-state index is 10.8. The number of rotatable bonds is 9. The average molecular weight is 399 g/mol. The zero-order chi connectivity index (χ0) is 20.4. The minimum atomic E-state index is -1.07. The molecule has 3 N–H and O–H groups in total. The highest BCUT2D eigenvalue weighted by atomic mass is 32.1. The molecule has 0 atom stereocenters. The van der Waals surface area contributed by atoms with Gasteiger partial charge in [-0.3, -0.25) is 5.43 Å². The number of hydrazone groups is 1. The third-order valence-corrected chi connectivity index (χ3v) is 3.68. The van der Waals surface area contributed by atoms with Crippen LogP contribution in [0, 0.1) is 0 Å². The number of nitrogens with one attached hydrogen (secondary N) is 2. The van der Waals surface area contributed by atoms with Gasteiger partial charge in [0.2, 0.25) is 0 Å². The lowest BCUT2D eigenvalue weighted by molar-refractivity contribution is -0.139. The number of carboxylic acid groups (broad SMARTS) is 1. The number of nitrogens with zero attached hydrogens (tertiary/aromatic N) is 1. The number of carbonyl (C=O) groups is 1. The number of anilines is 1. The number of carboxylic acids is 1. The van der Waals surface area contributed by atoms with E-state index >= 15 is 0 Å². The number of hydrogen-bond donors (Lipinski definition) is 3. The molecule has 2 rings (SSSR count). The van der Waals surface area contributed by atoms with Crippen LogP contribution in [0.25, 0.3) is 0 Å². The maximum atomic E-state index is 10.8. The summed E-state index contributed by atoms with van der Waals surface area (Å²) in [5.74, 6) is -0.288. The SMILES string of the molecule is C=CCc1cc(/C=N/NC(=S)Nc2ccccc2)cc(OC)c1OCC(=O)O. The molecule has 0 fully saturated rings. The Balaban J connectivity index is 2.12. The van der Waals surface area contributed by atoms with Crippen molar-refractivity contribution in [3.63, 3.8) is 0 Å². The molecule has 0 aliphatic carbocycles. The van der Waals surface area contributed by atoms with Crippen LogP contribution in [0.4, 0.5) is 5.69 Å². The average Bonchev–Trinajstić information content (AvgIpc) is 2.67. The minimum Gasteiger partial charge on any atom is -0.493 e. The summed E-state index contributed by atoms with van der Waals surface area (Å²) in [7, 11) is 1.48. The first-order chi connectivity index (χ1) is 13.5. The van der Waals surface area contributed by atoms with E-state index in [1.54, 1.807) is 18.4 Å². The molecule has 0 radical (unpaired) electrons. The Morgan fingerprint density at radius 2 is 2.07 bits per heavy atom. The Morgan fingerprint density at radius 3 is 2.71 bits per heavy atom. The van der Waals surface area contributed by atoms with E-state index in [0.29, 0.717) is 23.0 Å². The number of methoxy groups -OCH3 is 1. The molecule has 0 saturated heterocycles. The zero-order valence-electron chi connectivity index (χ0n) is 15.3. The molecule has 7 nitrogen and oxygen atoms in total. The van der Waals surface area contributed by atoms with Gasteiger partial charge in [0.15, 0.2) is 23.2 Å². The van der Waals surface area contributed by atoms with Crippen LogP contribution >= 0.6 is 12.2 Å². The largest absolute Gasteiger partial charge is 0.493 e. The van der Waals surface area contributed by atoms with Gasteiger partial charge in [-0.2, -0.15) is 5.10 Å². The normalized spacial score (nSPS) is 10.3. The molecular formula is C20H21N3O4S. The lowest BCUT2D eigenvalue weighted by atomic mass is 10.1. The van der Waals surface area contributed by atoms with Gasteiger partial charge >= 0.3 is 5.97 Å². The van der Waals surface area contributed by atoms with Crippen molar-refractivity contribution in [1.29, 1.82) is 0 Å². The number of para-hydroxylation sites is 1. The Hall–Kier alpha value is -3.39. The van der Waals surface area contributed by atoms with E-state index in [1.165, 1.54) is 7.11 Å². The van der Waals surface area contributed by atoms with Crippen molar-refractivity contribution in [2.75, 3.05) is 19.0 Å². The molecule has 0 aliphatic heterocycles. The Kier molecular flexibility index (Phi) is 7.98. The van der Waals surface area contributed by atoms with Crippen LogP contribution in [0.2, 0.25) is 0 Å². The van der Waals surface area contributed by atoms with E-state index in [1.807, 2.05) is 36.4 Å². The van der Waals surface area contributed by atoms with Crippen molar-refractivity contribution in [2.24, 2.45) is 5.10 Å². The van der Waals surface area contributed by atoms with E-state index in [2.05, 4.69) is 22.4 Å². The highest BCUT2D eigenvalue weighted by molar-refractivity contribution is 7.80. The maximum Gasteiger partial charge on any atom is 0.341 e. The van der Waals surface area contributed by atoms with Gasteiger partial charge in [-0.25, -0.2) is 4.79 Å². The van der Waals surface area contributed by atoms with Crippen molar-refractivity contribution in [3.05, 3.63) is 66.2 Å². The van der Waals surface area contributed by atoms with Gasteiger partial charge in [0.25, 0.3) is 0 Å². The molecular weight excluding hydrogens is 378 g/mol. The Bertz CT molecular complexity index is 869. The van der Waals surface area contributed by atoms with Crippen LogP contribution in [-0.2, 0) is 11.2 Å². The highest BCUT2D eigenvalue weighted by Crippen LogP contribution is 2.33. The van der Waals surface area contributed by atoms with Crippen LogP contribution in [0.5, 0.6) is 11.5 Å². The fraction of sp³-hybridized carbons (Fsp3) is 0.150. The number of aliphatic carboxylic acids is 1. The van der Waals surface area contributed by atoms with Crippen molar-refractivity contribution in [3.8, 4) is 11.5 Å². The summed E-state index contributed by atoms with van der Waals surface area (Å²) >= 11 is 5.20. The molecule has 0 saturated carbocycles. The number of benzene rings is 2. The first kappa shape index (κ1) is 20.9. The topological polar surface area (TPSA) is 92.2 Å². The van der Waals surface area contributed by atoms with Gasteiger partial charge in [-0.1, -0.05) is 24.3 Å². The predicted molar refractivity (Wildman–Crippen MR) is 113 cm³/mol. The fourth-order valence-electron chi connectivity index (χ4n) is 2.36. The smallest absolute Gasteiger partial charge is 0.341 e. The number of thiocarbonyl (C=S) groups is 1. The Morgan fingerprint density at radius 1 is 1.32 bits per heavy atom. The fourth-order valence-corrected chi connectivity index (χ4v) is 2.53. The third kappa shape index (κ3) is 6.40. The molecule has 0 spiro atoms. The van der Waals surface area contributed by atoms with E-state index in [0.717, 1.165) is 16.8 Å². The Labute approximate surface area is 168 Å². The van der Waals surface area contributed by atoms with Gasteiger partial charge in [0.05, 0.1) is 13.3 Å². The minimum absolute atomic E-state index is 0.349. The number of allylic oxidation sites excluding steroid dienone is 1. The number of ether oxygens (including phenoxy) is 2. The molecule has 0 bridgehead atoms. The molecule has 8 heteroatoms. The van der Waals surface area contributed by atoms with Crippen molar-refractivity contribution in [2.45, 2.75) is 6.42 Å². The molecule has 0 aromatic heterocycles. The zero-order valence-corrected chi connectivity index (χ0v) is 16.2. The van der Waals surface area contributed by atoms with Crippen LogP contribution in [-0.4, -0.2) is 36.1 Å². The molecule has 0 aliphatic rings. The monoisotopic (exact) mass is 399 g/mol. The van der Waals surface area contributed by atoms with Gasteiger partial charge in [-0.05, 0) is 48.5 Å². The van der Waals surface area contributed by atoms with Crippen LogP contribution in [0.1, 0.15) is 11.1 Å². The van der Waals surface area contributed by atoms with E-state index in [9.17, 15) is 4.79 Å². The summed E-state index contributed by atoms with van der Waals surface area (Å²) in [6.07, 6.45) is 3.75. The molecule has 0 unspecified atom stereocenters.